The second-order valence-electron chi connectivity index (χ2n) is 6.48. The number of ether oxygens (including phenoxy) is 2. The van der Waals surface area contributed by atoms with Crippen molar-refractivity contribution < 1.29 is 32.2 Å². The molecule has 29 heavy (non-hydrogen) atoms. The molecule has 0 unspecified atom stereocenters. The van der Waals surface area contributed by atoms with E-state index in [1.807, 2.05) is 31.2 Å². The van der Waals surface area contributed by atoms with Gasteiger partial charge in [-0.25, -0.2) is 0 Å². The minimum Gasteiger partial charge on any atom is -0.494 e. The topological polar surface area (TPSA) is 67.9 Å². The van der Waals surface area contributed by atoms with E-state index in [-0.39, 0.29) is 24.7 Å². The lowest BCUT2D eigenvalue weighted by Gasteiger charge is -2.30. The monoisotopic (exact) mass is 408 g/mol. The Hall–Kier alpha value is -3.23. The molecule has 0 spiro atoms. The highest BCUT2D eigenvalue weighted by atomic mass is 19.4. The van der Waals surface area contributed by atoms with Crippen LogP contribution >= 0.6 is 0 Å². The molecule has 2 amide bonds. The fourth-order valence-corrected chi connectivity index (χ4v) is 2.77. The molecule has 0 fully saturated rings. The Bertz CT molecular complexity index is 898. The van der Waals surface area contributed by atoms with Crippen LogP contribution in [0.1, 0.15) is 12.0 Å². The van der Waals surface area contributed by atoms with Gasteiger partial charge in [0.2, 0.25) is 0 Å². The van der Waals surface area contributed by atoms with Gasteiger partial charge in [-0.15, -0.1) is 0 Å². The van der Waals surface area contributed by atoms with E-state index in [4.69, 9.17) is 9.47 Å². The first-order valence-corrected chi connectivity index (χ1v) is 8.89. The SMILES string of the molecule is Cc1ccc(OCCCN2C(=O)COc3ccc(NC(=O)C(F)(F)F)cc32)cc1. The Morgan fingerprint density at radius 2 is 1.93 bits per heavy atom. The van der Waals surface area contributed by atoms with Crippen LogP contribution in [-0.2, 0) is 9.59 Å². The van der Waals surface area contributed by atoms with Crippen LogP contribution < -0.4 is 19.7 Å². The largest absolute Gasteiger partial charge is 0.494 e. The molecule has 0 saturated heterocycles. The van der Waals surface area contributed by atoms with Gasteiger partial charge in [0.05, 0.1) is 12.3 Å². The van der Waals surface area contributed by atoms with Gasteiger partial charge in [-0.1, -0.05) is 17.7 Å². The number of fused-ring (bicyclic) bond motifs is 1. The number of amides is 2. The number of nitrogens with zero attached hydrogens (tertiary/aromatic N) is 1. The first-order valence-electron chi connectivity index (χ1n) is 8.89. The van der Waals surface area contributed by atoms with Crippen molar-refractivity contribution in [1.29, 1.82) is 0 Å². The molecule has 1 N–H and O–H groups in total. The number of hydrogen-bond acceptors (Lipinski definition) is 4. The normalized spacial score (nSPS) is 13.5. The van der Waals surface area contributed by atoms with Gasteiger partial charge in [0.15, 0.2) is 6.61 Å². The van der Waals surface area contributed by atoms with Crippen molar-refractivity contribution in [2.45, 2.75) is 19.5 Å². The first kappa shape index (κ1) is 20.5. The summed E-state index contributed by atoms with van der Waals surface area (Å²) in [6.07, 6.45) is -4.51. The Morgan fingerprint density at radius 3 is 2.62 bits per heavy atom. The number of alkyl halides is 3. The fraction of sp³-hybridized carbons (Fsp3) is 0.300. The summed E-state index contributed by atoms with van der Waals surface area (Å²) in [5, 5.41) is 1.78. The lowest BCUT2D eigenvalue weighted by atomic mass is 10.2. The maximum absolute atomic E-state index is 12.5. The number of hydrogen-bond donors (Lipinski definition) is 1. The highest BCUT2D eigenvalue weighted by Crippen LogP contribution is 2.35. The van der Waals surface area contributed by atoms with E-state index in [1.165, 1.54) is 23.1 Å². The van der Waals surface area contributed by atoms with E-state index in [9.17, 15) is 22.8 Å². The van der Waals surface area contributed by atoms with E-state index in [2.05, 4.69) is 0 Å². The van der Waals surface area contributed by atoms with Crippen LogP contribution in [0.3, 0.4) is 0 Å². The zero-order valence-electron chi connectivity index (χ0n) is 15.6. The summed E-state index contributed by atoms with van der Waals surface area (Å²) >= 11 is 0. The third-order valence-electron chi connectivity index (χ3n) is 4.23. The van der Waals surface area contributed by atoms with Crippen LogP contribution in [0.15, 0.2) is 42.5 Å². The molecule has 1 aliphatic heterocycles. The summed E-state index contributed by atoms with van der Waals surface area (Å²) in [6, 6.07) is 11.5. The Morgan fingerprint density at radius 1 is 1.21 bits per heavy atom. The molecule has 0 radical (unpaired) electrons. The van der Waals surface area contributed by atoms with Crippen LogP contribution in [0.4, 0.5) is 24.5 Å². The third kappa shape index (κ3) is 5.18. The molecule has 2 aromatic carbocycles. The third-order valence-corrected chi connectivity index (χ3v) is 4.23. The average Bonchev–Trinajstić information content (AvgIpc) is 2.67. The van der Waals surface area contributed by atoms with Crippen molar-refractivity contribution in [3.8, 4) is 11.5 Å². The molecule has 0 aromatic heterocycles. The van der Waals surface area contributed by atoms with E-state index < -0.39 is 12.1 Å². The molecule has 154 valence electrons. The number of nitrogens with one attached hydrogen (secondary N) is 1. The highest BCUT2D eigenvalue weighted by Gasteiger charge is 2.39. The Balaban J connectivity index is 1.65. The maximum atomic E-state index is 12.5. The molecule has 1 aliphatic rings. The van der Waals surface area contributed by atoms with Crippen molar-refractivity contribution in [3.05, 3.63) is 48.0 Å². The van der Waals surface area contributed by atoms with Gasteiger partial charge in [0.25, 0.3) is 5.91 Å². The van der Waals surface area contributed by atoms with E-state index >= 15 is 0 Å². The molecule has 2 aromatic rings. The van der Waals surface area contributed by atoms with Gasteiger partial charge in [-0.2, -0.15) is 13.2 Å². The zero-order valence-corrected chi connectivity index (χ0v) is 15.6. The van der Waals surface area contributed by atoms with Gasteiger partial charge in [0.1, 0.15) is 11.5 Å². The first-order chi connectivity index (χ1) is 13.7. The summed E-state index contributed by atoms with van der Waals surface area (Å²) in [7, 11) is 0. The van der Waals surface area contributed by atoms with Crippen molar-refractivity contribution in [2.75, 3.05) is 30.0 Å². The number of anilines is 2. The highest BCUT2D eigenvalue weighted by molar-refractivity contribution is 6.00. The molecule has 0 bridgehead atoms. The Kier molecular flexibility index (Phi) is 5.95. The van der Waals surface area contributed by atoms with E-state index in [0.29, 0.717) is 30.2 Å². The molecule has 9 heteroatoms. The van der Waals surface area contributed by atoms with Crippen LogP contribution in [0.25, 0.3) is 0 Å². The molecule has 1 heterocycles. The predicted molar refractivity (Wildman–Crippen MR) is 100 cm³/mol. The zero-order chi connectivity index (χ0) is 21.0. The van der Waals surface area contributed by atoms with Crippen molar-refractivity contribution in [2.24, 2.45) is 0 Å². The molecule has 6 nitrogen and oxygen atoms in total. The summed E-state index contributed by atoms with van der Waals surface area (Å²) < 4.78 is 48.4. The number of carbonyl (C=O) groups is 2. The molecule has 0 aliphatic carbocycles. The van der Waals surface area contributed by atoms with Gasteiger partial charge < -0.3 is 19.7 Å². The van der Waals surface area contributed by atoms with Gasteiger partial charge >= 0.3 is 12.1 Å². The molecular weight excluding hydrogens is 389 g/mol. The number of benzene rings is 2. The molecular formula is C20H19F3N2O4. The molecule has 3 rings (SSSR count). The maximum Gasteiger partial charge on any atom is 0.471 e. The van der Waals surface area contributed by atoms with Crippen LogP contribution in [-0.4, -0.2) is 37.7 Å². The quantitative estimate of drug-likeness (QED) is 0.741. The fourth-order valence-electron chi connectivity index (χ4n) is 2.77. The van der Waals surface area contributed by atoms with E-state index in [1.54, 1.807) is 5.32 Å². The minimum absolute atomic E-state index is 0.0784. The predicted octanol–water partition coefficient (Wildman–Crippen LogP) is 3.69. The number of halogens is 3. The second kappa shape index (κ2) is 8.42. The van der Waals surface area contributed by atoms with Gasteiger partial charge in [-0.05, 0) is 43.7 Å². The lowest BCUT2D eigenvalue weighted by molar-refractivity contribution is -0.167. The molecule has 0 atom stereocenters. The standard InChI is InChI=1S/C20H19F3N2O4/c1-13-3-6-15(7-4-13)28-10-2-9-25-16-11-14(24-19(27)20(21,22)23)5-8-17(16)29-12-18(25)26/h3-8,11H,2,9-10,12H2,1H3,(H,24,27). The smallest absolute Gasteiger partial charge is 0.471 e. The van der Waals surface area contributed by atoms with Gasteiger partial charge in [-0.3, -0.25) is 9.59 Å². The molecule has 0 saturated carbocycles. The van der Waals surface area contributed by atoms with Gasteiger partial charge in [0, 0.05) is 12.2 Å². The van der Waals surface area contributed by atoms with E-state index in [0.717, 1.165) is 5.56 Å². The Labute approximate surface area is 165 Å². The lowest BCUT2D eigenvalue weighted by Crippen LogP contribution is -2.40. The summed E-state index contributed by atoms with van der Waals surface area (Å²) in [6.45, 7) is 2.45. The van der Waals surface area contributed by atoms with Crippen LogP contribution in [0, 0.1) is 6.92 Å². The second-order valence-corrected chi connectivity index (χ2v) is 6.48. The minimum atomic E-state index is -5.00. The summed E-state index contributed by atoms with van der Waals surface area (Å²) in [5.74, 6) is -1.35. The van der Waals surface area contributed by atoms with Crippen molar-refractivity contribution in [3.63, 3.8) is 0 Å². The van der Waals surface area contributed by atoms with Crippen molar-refractivity contribution in [1.82, 2.24) is 0 Å². The van der Waals surface area contributed by atoms with Crippen molar-refractivity contribution >= 4 is 23.2 Å². The number of aryl methyl sites for hydroxylation is 1. The van der Waals surface area contributed by atoms with Crippen LogP contribution in [0.5, 0.6) is 11.5 Å². The number of rotatable bonds is 6. The summed E-state index contributed by atoms with van der Waals surface area (Å²) in [4.78, 5) is 24.8. The average molecular weight is 408 g/mol. The number of carbonyl (C=O) groups excluding carboxylic acids is 2. The van der Waals surface area contributed by atoms with Crippen LogP contribution in [0.2, 0.25) is 0 Å². The summed E-state index contributed by atoms with van der Waals surface area (Å²) in [5.41, 5.74) is 1.34.